The van der Waals surface area contributed by atoms with Gasteiger partial charge in [0.2, 0.25) is 0 Å². The first-order valence-electron chi connectivity index (χ1n) is 5.41. The number of aromatic nitrogens is 3. The maximum absolute atomic E-state index is 5.60. The highest BCUT2D eigenvalue weighted by molar-refractivity contribution is 5.75. The molecule has 0 atom stereocenters. The van der Waals surface area contributed by atoms with Crippen molar-refractivity contribution >= 4 is 11.0 Å². The average Bonchev–Trinajstić information content (AvgIpc) is 3.01. The van der Waals surface area contributed by atoms with Gasteiger partial charge in [-0.2, -0.15) is 0 Å². The van der Waals surface area contributed by atoms with Crippen molar-refractivity contribution in [2.45, 2.75) is 25.3 Å². The van der Waals surface area contributed by atoms with Crippen LogP contribution in [0.25, 0.3) is 11.0 Å². The summed E-state index contributed by atoms with van der Waals surface area (Å²) in [7, 11) is 0. The van der Waals surface area contributed by atoms with Crippen LogP contribution in [0.1, 0.15) is 24.7 Å². The van der Waals surface area contributed by atoms with Crippen LogP contribution in [0, 0.1) is 0 Å². The first kappa shape index (κ1) is 8.85. The predicted molar refractivity (Wildman–Crippen MR) is 58.6 cm³/mol. The Morgan fingerprint density at radius 2 is 2.33 bits per heavy atom. The molecular formula is C11H14N4. The van der Waals surface area contributed by atoms with Gasteiger partial charge in [0.05, 0.1) is 11.7 Å². The van der Waals surface area contributed by atoms with Crippen molar-refractivity contribution in [1.29, 1.82) is 0 Å². The maximum Gasteiger partial charge on any atom is 0.111 e. The molecular weight excluding hydrogens is 188 g/mol. The van der Waals surface area contributed by atoms with Crippen LogP contribution in [-0.2, 0) is 6.42 Å². The molecule has 2 N–H and O–H groups in total. The highest BCUT2D eigenvalue weighted by atomic mass is 15.1. The van der Waals surface area contributed by atoms with E-state index in [1.165, 1.54) is 18.4 Å². The van der Waals surface area contributed by atoms with Crippen molar-refractivity contribution in [2.24, 2.45) is 5.73 Å². The van der Waals surface area contributed by atoms with Crippen molar-refractivity contribution in [3.8, 4) is 0 Å². The zero-order valence-electron chi connectivity index (χ0n) is 8.56. The third-order valence-electron chi connectivity index (χ3n) is 2.84. The van der Waals surface area contributed by atoms with Crippen LogP contribution in [0.5, 0.6) is 0 Å². The SMILES string of the molecule is NCCc1nc2cnccc2n1C1CC1. The molecule has 15 heavy (non-hydrogen) atoms. The summed E-state index contributed by atoms with van der Waals surface area (Å²) in [5, 5.41) is 0. The smallest absolute Gasteiger partial charge is 0.111 e. The zero-order chi connectivity index (χ0) is 10.3. The summed E-state index contributed by atoms with van der Waals surface area (Å²) in [6.45, 7) is 0.656. The molecule has 0 amide bonds. The second-order valence-electron chi connectivity index (χ2n) is 4.03. The Morgan fingerprint density at radius 1 is 1.47 bits per heavy atom. The number of pyridine rings is 1. The first-order valence-corrected chi connectivity index (χ1v) is 5.41. The molecule has 0 radical (unpaired) electrons. The second kappa shape index (κ2) is 3.31. The van der Waals surface area contributed by atoms with Gasteiger partial charge in [-0.3, -0.25) is 4.98 Å². The van der Waals surface area contributed by atoms with E-state index in [0.717, 1.165) is 17.8 Å². The molecule has 2 aromatic rings. The average molecular weight is 202 g/mol. The molecule has 4 heteroatoms. The molecule has 1 aliphatic carbocycles. The Kier molecular flexibility index (Phi) is 1.95. The summed E-state index contributed by atoms with van der Waals surface area (Å²) >= 11 is 0. The van der Waals surface area contributed by atoms with E-state index in [2.05, 4.69) is 14.5 Å². The van der Waals surface area contributed by atoms with Gasteiger partial charge in [-0.15, -0.1) is 0 Å². The summed E-state index contributed by atoms with van der Waals surface area (Å²) in [6.07, 6.45) is 7.05. The van der Waals surface area contributed by atoms with Gasteiger partial charge in [-0.05, 0) is 25.5 Å². The van der Waals surface area contributed by atoms with Crippen LogP contribution in [0.4, 0.5) is 0 Å². The van der Waals surface area contributed by atoms with Gasteiger partial charge in [-0.1, -0.05) is 0 Å². The quantitative estimate of drug-likeness (QED) is 0.815. The largest absolute Gasteiger partial charge is 0.330 e. The van der Waals surface area contributed by atoms with Gasteiger partial charge >= 0.3 is 0 Å². The van der Waals surface area contributed by atoms with Gasteiger partial charge < -0.3 is 10.3 Å². The lowest BCUT2D eigenvalue weighted by Crippen LogP contribution is -2.09. The van der Waals surface area contributed by atoms with Crippen LogP contribution < -0.4 is 5.73 Å². The van der Waals surface area contributed by atoms with E-state index in [1.807, 2.05) is 18.5 Å². The molecule has 1 aliphatic rings. The number of rotatable bonds is 3. The predicted octanol–water partition coefficient (Wildman–Crippen LogP) is 1.27. The number of nitrogens with zero attached hydrogens (tertiary/aromatic N) is 3. The molecule has 0 aliphatic heterocycles. The molecule has 0 aromatic carbocycles. The number of imidazole rings is 1. The molecule has 78 valence electrons. The van der Waals surface area contributed by atoms with E-state index in [0.29, 0.717) is 12.6 Å². The minimum absolute atomic E-state index is 0.652. The second-order valence-corrected chi connectivity index (χ2v) is 4.03. The molecule has 1 fully saturated rings. The Morgan fingerprint density at radius 3 is 3.07 bits per heavy atom. The lowest BCUT2D eigenvalue weighted by molar-refractivity contribution is 0.696. The Bertz CT molecular complexity index is 484. The Hall–Kier alpha value is -1.42. The van der Waals surface area contributed by atoms with Crippen molar-refractivity contribution in [1.82, 2.24) is 14.5 Å². The molecule has 0 unspecified atom stereocenters. The van der Waals surface area contributed by atoms with E-state index < -0.39 is 0 Å². The van der Waals surface area contributed by atoms with E-state index in [-0.39, 0.29) is 0 Å². The molecule has 3 rings (SSSR count). The van der Waals surface area contributed by atoms with Crippen LogP contribution >= 0.6 is 0 Å². The van der Waals surface area contributed by atoms with Crippen LogP contribution in [0.15, 0.2) is 18.5 Å². The van der Waals surface area contributed by atoms with E-state index in [1.54, 1.807) is 0 Å². The molecule has 2 aromatic heterocycles. The normalized spacial score (nSPS) is 16.1. The number of hydrogen-bond acceptors (Lipinski definition) is 3. The fraction of sp³-hybridized carbons (Fsp3) is 0.455. The summed E-state index contributed by atoms with van der Waals surface area (Å²) in [6, 6.07) is 2.69. The van der Waals surface area contributed by atoms with Gasteiger partial charge in [0.25, 0.3) is 0 Å². The molecule has 1 saturated carbocycles. The number of fused-ring (bicyclic) bond motifs is 1. The standard InChI is InChI=1S/C11H14N4/c12-5-3-11-14-9-7-13-6-4-10(9)15(11)8-1-2-8/h4,6-8H,1-3,5,12H2. The van der Waals surface area contributed by atoms with Gasteiger partial charge in [0, 0.05) is 18.7 Å². The van der Waals surface area contributed by atoms with Crippen molar-refractivity contribution in [2.75, 3.05) is 6.54 Å². The molecule has 4 nitrogen and oxygen atoms in total. The molecule has 0 spiro atoms. The van der Waals surface area contributed by atoms with Crippen molar-refractivity contribution < 1.29 is 0 Å². The van der Waals surface area contributed by atoms with Gasteiger partial charge in [-0.25, -0.2) is 4.98 Å². The van der Waals surface area contributed by atoms with Crippen LogP contribution in [0.3, 0.4) is 0 Å². The zero-order valence-corrected chi connectivity index (χ0v) is 8.56. The van der Waals surface area contributed by atoms with Gasteiger partial charge in [0.1, 0.15) is 11.3 Å². The van der Waals surface area contributed by atoms with Crippen LogP contribution in [-0.4, -0.2) is 21.1 Å². The van der Waals surface area contributed by atoms with Crippen LogP contribution in [0.2, 0.25) is 0 Å². The maximum atomic E-state index is 5.60. The third kappa shape index (κ3) is 1.41. The fourth-order valence-corrected chi connectivity index (χ4v) is 2.05. The monoisotopic (exact) mass is 202 g/mol. The third-order valence-corrected chi connectivity index (χ3v) is 2.84. The summed E-state index contributed by atoms with van der Waals surface area (Å²) < 4.78 is 2.34. The Labute approximate surface area is 88.1 Å². The highest BCUT2D eigenvalue weighted by Gasteiger charge is 2.27. The minimum Gasteiger partial charge on any atom is -0.330 e. The summed E-state index contributed by atoms with van der Waals surface area (Å²) in [5.41, 5.74) is 7.80. The fourth-order valence-electron chi connectivity index (χ4n) is 2.05. The number of hydrogen-bond donors (Lipinski definition) is 1. The molecule has 0 saturated heterocycles. The Balaban J connectivity index is 2.19. The molecule has 0 bridgehead atoms. The topological polar surface area (TPSA) is 56.7 Å². The summed E-state index contributed by atoms with van der Waals surface area (Å²) in [5.74, 6) is 1.11. The van der Waals surface area contributed by atoms with E-state index in [4.69, 9.17) is 5.73 Å². The lowest BCUT2D eigenvalue weighted by Gasteiger charge is -2.05. The lowest BCUT2D eigenvalue weighted by atomic mass is 10.4. The van der Waals surface area contributed by atoms with Crippen molar-refractivity contribution in [3.05, 3.63) is 24.3 Å². The van der Waals surface area contributed by atoms with E-state index >= 15 is 0 Å². The molecule has 2 heterocycles. The summed E-state index contributed by atoms with van der Waals surface area (Å²) in [4.78, 5) is 8.68. The van der Waals surface area contributed by atoms with Gasteiger partial charge in [0.15, 0.2) is 0 Å². The van der Waals surface area contributed by atoms with E-state index in [9.17, 15) is 0 Å². The minimum atomic E-state index is 0.652. The highest BCUT2D eigenvalue weighted by Crippen LogP contribution is 2.38. The first-order chi connectivity index (χ1) is 7.40. The number of nitrogens with two attached hydrogens (primary N) is 1. The van der Waals surface area contributed by atoms with Crippen molar-refractivity contribution in [3.63, 3.8) is 0 Å².